The summed E-state index contributed by atoms with van der Waals surface area (Å²) in [7, 11) is 1.59. The molecule has 0 aromatic heterocycles. The van der Waals surface area contributed by atoms with Crippen molar-refractivity contribution in [3.8, 4) is 0 Å². The maximum absolute atomic E-state index is 13.5. The first kappa shape index (κ1) is 21.6. The summed E-state index contributed by atoms with van der Waals surface area (Å²) in [6.45, 7) is 3.12. The Morgan fingerprint density at radius 3 is 2.76 bits per heavy atom. The molecule has 1 aromatic carbocycles. The van der Waals surface area contributed by atoms with Crippen LogP contribution in [0.25, 0.3) is 0 Å². The largest absolute Gasteiger partial charge is 0.383 e. The molecule has 2 saturated heterocycles. The smallest absolute Gasteiger partial charge is 0.228 e. The molecule has 2 atom stereocenters. The van der Waals surface area contributed by atoms with Crippen LogP contribution < -0.4 is 0 Å². The molecule has 0 unspecified atom stereocenters. The van der Waals surface area contributed by atoms with Gasteiger partial charge in [-0.25, -0.2) is 0 Å². The monoisotopic (exact) mass is 421 g/mol. The fourth-order valence-corrected chi connectivity index (χ4v) is 4.51. The van der Waals surface area contributed by atoms with Crippen molar-refractivity contribution < 1.29 is 19.1 Å². The number of hydrogen-bond acceptors (Lipinski definition) is 4. The maximum atomic E-state index is 13.5. The Hall–Kier alpha value is -2.12. The fourth-order valence-electron chi connectivity index (χ4n) is 4.26. The molecular formula is C21H28ClN3O4. The van der Waals surface area contributed by atoms with Crippen LogP contribution in [0.5, 0.6) is 0 Å². The minimum Gasteiger partial charge on any atom is -0.383 e. The Morgan fingerprint density at radius 2 is 2.03 bits per heavy atom. The van der Waals surface area contributed by atoms with E-state index in [9.17, 15) is 14.4 Å². The number of carbonyl (C=O) groups is 3. The molecule has 2 aliphatic rings. The number of likely N-dealkylation sites (tertiary alicyclic amines) is 1. The Morgan fingerprint density at radius 1 is 1.24 bits per heavy atom. The van der Waals surface area contributed by atoms with Gasteiger partial charge in [0.1, 0.15) is 0 Å². The first-order chi connectivity index (χ1) is 14.1. The molecule has 29 heavy (non-hydrogen) atoms. The predicted molar refractivity (Wildman–Crippen MR) is 109 cm³/mol. The van der Waals surface area contributed by atoms with Crippen LogP contribution >= 0.6 is 11.6 Å². The van der Waals surface area contributed by atoms with Crippen molar-refractivity contribution in [2.24, 2.45) is 5.92 Å². The summed E-state index contributed by atoms with van der Waals surface area (Å²) in [5.74, 6) is -0.330. The average Bonchev–Trinajstić information content (AvgIpc) is 2.98. The molecule has 3 amide bonds. The second kappa shape index (κ2) is 10.1. The van der Waals surface area contributed by atoms with Crippen LogP contribution in [0.2, 0.25) is 5.02 Å². The zero-order valence-corrected chi connectivity index (χ0v) is 17.5. The van der Waals surface area contributed by atoms with E-state index in [1.165, 1.54) is 0 Å². The molecule has 0 bridgehead atoms. The molecule has 158 valence electrons. The van der Waals surface area contributed by atoms with E-state index in [1.54, 1.807) is 23.0 Å². The second-order valence-electron chi connectivity index (χ2n) is 7.51. The number of amides is 3. The van der Waals surface area contributed by atoms with Crippen LogP contribution in [-0.2, 0) is 19.1 Å². The van der Waals surface area contributed by atoms with Gasteiger partial charge in [0.05, 0.1) is 18.6 Å². The highest BCUT2D eigenvalue weighted by molar-refractivity contribution is 6.31. The van der Waals surface area contributed by atoms with E-state index in [4.69, 9.17) is 16.3 Å². The molecule has 1 aromatic rings. The van der Waals surface area contributed by atoms with Crippen LogP contribution in [0.15, 0.2) is 24.3 Å². The van der Waals surface area contributed by atoms with E-state index in [1.807, 2.05) is 23.1 Å². The van der Waals surface area contributed by atoms with Crippen molar-refractivity contribution in [2.45, 2.75) is 25.3 Å². The quantitative estimate of drug-likeness (QED) is 0.658. The lowest BCUT2D eigenvalue weighted by atomic mass is 9.83. The normalized spacial score (nSPS) is 23.1. The van der Waals surface area contributed by atoms with Crippen molar-refractivity contribution >= 4 is 29.8 Å². The highest BCUT2D eigenvalue weighted by Gasteiger charge is 2.42. The highest BCUT2D eigenvalue weighted by Crippen LogP contribution is 2.40. The Labute approximate surface area is 176 Å². The van der Waals surface area contributed by atoms with Crippen molar-refractivity contribution in [1.29, 1.82) is 0 Å². The molecule has 0 saturated carbocycles. The Kier molecular flexibility index (Phi) is 7.50. The summed E-state index contributed by atoms with van der Waals surface area (Å²) in [6, 6.07) is 6.99. The summed E-state index contributed by atoms with van der Waals surface area (Å²) < 4.78 is 5.20. The standard InChI is InChI=1S/C21H28ClN3O4/c1-29-14-13-25-19(27)8-7-17(20(25)16-5-2-3-6-18(16)22)21(28)24-10-4-9-23(15-26)11-12-24/h2-3,5-6,15,17,20H,4,7-14H2,1H3/t17-,20+/m1/s1. The SMILES string of the molecule is COCCN1C(=O)CC[C@@H](C(=O)N2CCCN(C=O)CC2)[C@@H]1c1ccccc1Cl. The van der Waals surface area contributed by atoms with Crippen molar-refractivity contribution in [2.75, 3.05) is 46.4 Å². The lowest BCUT2D eigenvalue weighted by molar-refractivity contribution is -0.148. The van der Waals surface area contributed by atoms with Crippen LogP contribution in [0.1, 0.15) is 30.9 Å². The number of halogens is 1. The fraction of sp³-hybridized carbons (Fsp3) is 0.571. The minimum atomic E-state index is -0.418. The molecule has 0 spiro atoms. The van der Waals surface area contributed by atoms with E-state index in [2.05, 4.69) is 0 Å². The van der Waals surface area contributed by atoms with Crippen molar-refractivity contribution in [3.05, 3.63) is 34.9 Å². The van der Waals surface area contributed by atoms with Gasteiger partial charge in [-0.3, -0.25) is 14.4 Å². The Bertz CT molecular complexity index is 744. The third-order valence-electron chi connectivity index (χ3n) is 5.78. The molecule has 2 fully saturated rings. The molecule has 2 heterocycles. The van der Waals surface area contributed by atoms with Crippen LogP contribution in [0.3, 0.4) is 0 Å². The van der Waals surface area contributed by atoms with E-state index >= 15 is 0 Å². The van der Waals surface area contributed by atoms with Gasteiger partial charge in [-0.05, 0) is 24.5 Å². The molecule has 8 heteroatoms. The molecule has 7 nitrogen and oxygen atoms in total. The van der Waals surface area contributed by atoms with Gasteiger partial charge in [0.25, 0.3) is 0 Å². The number of rotatable bonds is 6. The first-order valence-electron chi connectivity index (χ1n) is 10.1. The molecular weight excluding hydrogens is 394 g/mol. The third kappa shape index (κ3) is 4.90. The Balaban J connectivity index is 1.90. The lowest BCUT2D eigenvalue weighted by Crippen LogP contribution is -2.50. The van der Waals surface area contributed by atoms with Crippen LogP contribution in [0.4, 0.5) is 0 Å². The van der Waals surface area contributed by atoms with E-state index in [-0.39, 0.29) is 17.7 Å². The number of piperidine rings is 1. The molecule has 0 N–H and O–H groups in total. The summed E-state index contributed by atoms with van der Waals surface area (Å²) in [5, 5.41) is 0.551. The predicted octanol–water partition coefficient (Wildman–Crippen LogP) is 1.96. The highest BCUT2D eigenvalue weighted by atomic mass is 35.5. The number of benzene rings is 1. The van der Waals surface area contributed by atoms with Gasteiger partial charge in [0.2, 0.25) is 18.2 Å². The third-order valence-corrected chi connectivity index (χ3v) is 6.12. The topological polar surface area (TPSA) is 70.2 Å². The molecule has 0 radical (unpaired) electrons. The van der Waals surface area contributed by atoms with Crippen molar-refractivity contribution in [3.63, 3.8) is 0 Å². The summed E-state index contributed by atoms with van der Waals surface area (Å²) in [4.78, 5) is 42.6. The summed E-state index contributed by atoms with van der Waals surface area (Å²) >= 11 is 6.48. The maximum Gasteiger partial charge on any atom is 0.228 e. The zero-order valence-electron chi connectivity index (χ0n) is 16.8. The number of methoxy groups -OCH3 is 1. The second-order valence-corrected chi connectivity index (χ2v) is 7.92. The first-order valence-corrected chi connectivity index (χ1v) is 10.5. The van der Waals surface area contributed by atoms with Gasteiger partial charge in [0, 0.05) is 51.3 Å². The van der Waals surface area contributed by atoms with Gasteiger partial charge in [-0.1, -0.05) is 29.8 Å². The number of nitrogens with zero attached hydrogens (tertiary/aromatic N) is 3. The molecule has 3 rings (SSSR count). The lowest BCUT2D eigenvalue weighted by Gasteiger charge is -2.42. The average molecular weight is 422 g/mol. The van der Waals surface area contributed by atoms with Gasteiger partial charge in [-0.15, -0.1) is 0 Å². The van der Waals surface area contributed by atoms with E-state index in [0.29, 0.717) is 57.2 Å². The van der Waals surface area contributed by atoms with E-state index in [0.717, 1.165) is 18.4 Å². The number of hydrogen-bond donors (Lipinski definition) is 0. The summed E-state index contributed by atoms with van der Waals surface area (Å²) in [6.07, 6.45) is 2.41. The number of carbonyl (C=O) groups excluding carboxylic acids is 3. The number of ether oxygens (including phenoxy) is 1. The van der Waals surface area contributed by atoms with E-state index < -0.39 is 6.04 Å². The van der Waals surface area contributed by atoms with Crippen LogP contribution in [-0.4, -0.2) is 79.4 Å². The van der Waals surface area contributed by atoms with Gasteiger partial charge >= 0.3 is 0 Å². The van der Waals surface area contributed by atoms with Gasteiger partial charge in [0.15, 0.2) is 0 Å². The summed E-state index contributed by atoms with van der Waals surface area (Å²) in [5.41, 5.74) is 0.793. The molecule has 0 aliphatic carbocycles. The molecule has 2 aliphatic heterocycles. The van der Waals surface area contributed by atoms with Gasteiger partial charge in [-0.2, -0.15) is 0 Å². The zero-order chi connectivity index (χ0) is 20.8. The minimum absolute atomic E-state index is 0.0130. The van der Waals surface area contributed by atoms with Crippen molar-refractivity contribution in [1.82, 2.24) is 14.7 Å². The van der Waals surface area contributed by atoms with Crippen LogP contribution in [0, 0.1) is 5.92 Å². The van der Waals surface area contributed by atoms with Gasteiger partial charge < -0.3 is 19.4 Å².